The highest BCUT2D eigenvalue weighted by molar-refractivity contribution is 4.96. The number of hydrogen-bond acceptors (Lipinski definition) is 3. The van der Waals surface area contributed by atoms with E-state index in [1.807, 2.05) is 0 Å². The number of nitriles is 1. The monoisotopic (exact) mass is 264 g/mol. The van der Waals surface area contributed by atoms with Crippen molar-refractivity contribution in [2.45, 2.75) is 70.4 Å². The molecule has 3 atom stereocenters. The molecule has 1 aliphatic carbocycles. The lowest BCUT2D eigenvalue weighted by Crippen LogP contribution is -2.48. The Kier molecular flexibility index (Phi) is 6.13. The summed E-state index contributed by atoms with van der Waals surface area (Å²) in [5.41, 5.74) is 0. The number of ether oxygens (including phenoxy) is 1. The maximum atomic E-state index is 9.42. The summed E-state index contributed by atoms with van der Waals surface area (Å²) >= 11 is 0. The average molecular weight is 264 g/mol. The Balaban J connectivity index is 1.92. The second kappa shape index (κ2) is 7.87. The van der Waals surface area contributed by atoms with Gasteiger partial charge in [-0.25, -0.2) is 0 Å². The van der Waals surface area contributed by atoms with Crippen molar-refractivity contribution >= 4 is 0 Å². The van der Waals surface area contributed by atoms with Crippen molar-refractivity contribution in [3.05, 3.63) is 0 Å². The second-order valence-electron chi connectivity index (χ2n) is 6.07. The van der Waals surface area contributed by atoms with Gasteiger partial charge >= 0.3 is 0 Å². The molecule has 0 aromatic rings. The van der Waals surface area contributed by atoms with Crippen LogP contribution in [0.15, 0.2) is 0 Å². The van der Waals surface area contributed by atoms with Crippen molar-refractivity contribution in [1.29, 1.82) is 5.26 Å². The predicted octanol–water partition coefficient (Wildman–Crippen LogP) is 3.35. The van der Waals surface area contributed by atoms with Crippen molar-refractivity contribution in [2.75, 3.05) is 19.7 Å². The summed E-state index contributed by atoms with van der Waals surface area (Å²) in [4.78, 5) is 2.56. The van der Waals surface area contributed by atoms with Crippen LogP contribution >= 0.6 is 0 Å². The summed E-state index contributed by atoms with van der Waals surface area (Å²) in [6.07, 6.45) is 10.0. The van der Waals surface area contributed by atoms with E-state index in [0.717, 1.165) is 32.5 Å². The van der Waals surface area contributed by atoms with Crippen molar-refractivity contribution in [1.82, 2.24) is 4.90 Å². The number of likely N-dealkylation sites (tertiary alicyclic amines) is 1. The topological polar surface area (TPSA) is 36.3 Å². The maximum absolute atomic E-state index is 9.42. The van der Waals surface area contributed by atoms with Crippen LogP contribution in [0.4, 0.5) is 0 Å². The molecule has 19 heavy (non-hydrogen) atoms. The van der Waals surface area contributed by atoms with Crippen LogP contribution in [0.3, 0.4) is 0 Å². The van der Waals surface area contributed by atoms with E-state index in [-0.39, 0.29) is 5.92 Å². The lowest BCUT2D eigenvalue weighted by Gasteiger charge is -2.39. The van der Waals surface area contributed by atoms with Crippen molar-refractivity contribution in [2.24, 2.45) is 5.92 Å². The number of rotatable bonds is 4. The molecule has 2 fully saturated rings. The van der Waals surface area contributed by atoms with Gasteiger partial charge in [-0.3, -0.25) is 4.90 Å². The first-order valence-corrected chi connectivity index (χ1v) is 8.10. The summed E-state index contributed by atoms with van der Waals surface area (Å²) in [6, 6.07) is 3.05. The molecular formula is C16H28N2O. The van der Waals surface area contributed by atoms with Gasteiger partial charge in [-0.2, -0.15) is 5.26 Å². The molecule has 0 N–H and O–H groups in total. The van der Waals surface area contributed by atoms with E-state index in [2.05, 4.69) is 17.9 Å². The first-order valence-electron chi connectivity index (χ1n) is 8.10. The minimum absolute atomic E-state index is 0.243. The Morgan fingerprint density at radius 3 is 2.79 bits per heavy atom. The van der Waals surface area contributed by atoms with Crippen LogP contribution < -0.4 is 0 Å². The third kappa shape index (κ3) is 4.19. The van der Waals surface area contributed by atoms with Crippen molar-refractivity contribution in [3.63, 3.8) is 0 Å². The standard InChI is InChI=1S/C16H28N2O/c1-2-11-19-15-8-6-10-18(13-15)16-9-5-3-4-7-14(16)12-17/h14-16H,2-11,13H2,1H3. The molecule has 0 aromatic heterocycles. The quantitative estimate of drug-likeness (QED) is 0.731. The molecule has 0 aromatic carbocycles. The summed E-state index contributed by atoms with van der Waals surface area (Å²) in [5, 5.41) is 9.42. The van der Waals surface area contributed by atoms with Gasteiger partial charge in [0.1, 0.15) is 0 Å². The lowest BCUT2D eigenvalue weighted by molar-refractivity contribution is -0.0185. The van der Waals surface area contributed by atoms with Gasteiger partial charge in [0.25, 0.3) is 0 Å². The number of hydrogen-bond donors (Lipinski definition) is 0. The fraction of sp³-hybridized carbons (Fsp3) is 0.938. The van der Waals surface area contributed by atoms with Gasteiger partial charge in [-0.15, -0.1) is 0 Å². The smallest absolute Gasteiger partial charge is 0.0702 e. The molecule has 2 rings (SSSR count). The number of piperidine rings is 1. The molecule has 2 aliphatic rings. The Morgan fingerprint density at radius 2 is 2.00 bits per heavy atom. The Labute approximate surface area is 117 Å². The zero-order valence-electron chi connectivity index (χ0n) is 12.3. The third-order valence-corrected chi connectivity index (χ3v) is 4.58. The molecule has 3 unspecified atom stereocenters. The van der Waals surface area contributed by atoms with E-state index >= 15 is 0 Å². The highest BCUT2D eigenvalue weighted by Crippen LogP contribution is 2.29. The van der Waals surface area contributed by atoms with E-state index in [1.165, 1.54) is 38.5 Å². The molecule has 3 nitrogen and oxygen atoms in total. The number of nitrogens with zero attached hydrogens (tertiary/aromatic N) is 2. The minimum Gasteiger partial charge on any atom is -0.377 e. The third-order valence-electron chi connectivity index (χ3n) is 4.58. The van der Waals surface area contributed by atoms with Gasteiger partial charge in [-0.1, -0.05) is 26.2 Å². The molecule has 1 saturated carbocycles. The first-order chi connectivity index (χ1) is 9.35. The lowest BCUT2D eigenvalue weighted by atomic mass is 9.92. The molecule has 0 spiro atoms. The zero-order chi connectivity index (χ0) is 13.5. The molecular weight excluding hydrogens is 236 g/mol. The summed E-state index contributed by atoms with van der Waals surface area (Å²) in [7, 11) is 0. The Morgan fingerprint density at radius 1 is 1.16 bits per heavy atom. The van der Waals surface area contributed by atoms with Crippen LogP contribution in [0.1, 0.15) is 58.3 Å². The Hall–Kier alpha value is -0.590. The van der Waals surface area contributed by atoms with Gasteiger partial charge in [0, 0.05) is 19.2 Å². The van der Waals surface area contributed by atoms with Gasteiger partial charge in [-0.05, 0) is 38.6 Å². The fourth-order valence-electron chi connectivity index (χ4n) is 3.56. The molecule has 1 heterocycles. The summed E-state index contributed by atoms with van der Waals surface area (Å²) in [5.74, 6) is 0.243. The Bertz CT molecular complexity index is 300. The van der Waals surface area contributed by atoms with Crippen LogP contribution in [0.5, 0.6) is 0 Å². The van der Waals surface area contributed by atoms with Crippen LogP contribution in [0.2, 0.25) is 0 Å². The average Bonchev–Trinajstić information content (AvgIpc) is 2.70. The van der Waals surface area contributed by atoms with E-state index in [4.69, 9.17) is 4.74 Å². The van der Waals surface area contributed by atoms with E-state index < -0.39 is 0 Å². The van der Waals surface area contributed by atoms with Crippen LogP contribution in [0, 0.1) is 17.2 Å². The van der Waals surface area contributed by atoms with Gasteiger partial charge in [0.15, 0.2) is 0 Å². The predicted molar refractivity (Wildman–Crippen MR) is 76.8 cm³/mol. The van der Waals surface area contributed by atoms with E-state index in [1.54, 1.807) is 0 Å². The molecule has 3 heteroatoms. The molecule has 108 valence electrons. The zero-order valence-corrected chi connectivity index (χ0v) is 12.3. The molecule has 1 saturated heterocycles. The van der Waals surface area contributed by atoms with Crippen molar-refractivity contribution < 1.29 is 4.74 Å². The largest absolute Gasteiger partial charge is 0.377 e. The summed E-state index contributed by atoms with van der Waals surface area (Å²) in [6.45, 7) is 5.25. The maximum Gasteiger partial charge on any atom is 0.0702 e. The normalized spacial score (nSPS) is 33.6. The fourth-order valence-corrected chi connectivity index (χ4v) is 3.56. The summed E-state index contributed by atoms with van der Waals surface area (Å²) < 4.78 is 5.93. The van der Waals surface area contributed by atoms with Gasteiger partial charge < -0.3 is 4.74 Å². The minimum atomic E-state index is 0.243. The van der Waals surface area contributed by atoms with Crippen LogP contribution in [0.25, 0.3) is 0 Å². The molecule has 1 aliphatic heterocycles. The molecule has 0 amide bonds. The molecule has 0 bridgehead atoms. The molecule has 0 radical (unpaired) electrons. The van der Waals surface area contributed by atoms with Crippen molar-refractivity contribution in [3.8, 4) is 6.07 Å². The first kappa shape index (κ1) is 14.8. The van der Waals surface area contributed by atoms with E-state index in [9.17, 15) is 5.26 Å². The second-order valence-corrected chi connectivity index (χ2v) is 6.07. The van der Waals surface area contributed by atoms with E-state index in [0.29, 0.717) is 12.1 Å². The highest BCUT2D eigenvalue weighted by Gasteiger charge is 2.32. The highest BCUT2D eigenvalue weighted by atomic mass is 16.5. The van der Waals surface area contributed by atoms with Gasteiger partial charge in [0.05, 0.1) is 18.1 Å². The van der Waals surface area contributed by atoms with Crippen LogP contribution in [-0.4, -0.2) is 36.7 Å². The van der Waals surface area contributed by atoms with Gasteiger partial charge in [0.2, 0.25) is 0 Å². The van der Waals surface area contributed by atoms with Crippen LogP contribution in [-0.2, 0) is 4.74 Å². The SMILES string of the molecule is CCCOC1CCCN(C2CCCCCC2C#N)C1.